The summed E-state index contributed by atoms with van der Waals surface area (Å²) in [5, 5.41) is 6.43. The first kappa shape index (κ1) is 15.7. The van der Waals surface area contributed by atoms with Crippen LogP contribution in [0.25, 0.3) is 0 Å². The number of nitrogens with one attached hydrogen (secondary N) is 2. The molecule has 0 aromatic carbocycles. The average Bonchev–Trinajstić information content (AvgIpc) is 2.33. The Kier molecular flexibility index (Phi) is 6.92. The summed E-state index contributed by atoms with van der Waals surface area (Å²) in [6, 6.07) is 0.763. The molecule has 5 nitrogen and oxygen atoms in total. The molecular formula is C12H24ClN3O2. The molecule has 0 saturated carbocycles. The number of hydrogen-bond acceptors (Lipinski definition) is 4. The smallest absolute Gasteiger partial charge is 0.234 e. The molecule has 2 rings (SSSR count). The lowest BCUT2D eigenvalue weighted by Gasteiger charge is -2.34. The normalized spacial score (nSPS) is 26.4. The van der Waals surface area contributed by atoms with Crippen molar-refractivity contribution in [1.29, 1.82) is 0 Å². The molecule has 2 fully saturated rings. The van der Waals surface area contributed by atoms with Gasteiger partial charge in [0.1, 0.15) is 0 Å². The number of hydrogen-bond donors (Lipinski definition) is 2. The molecule has 2 N–H and O–H groups in total. The maximum atomic E-state index is 11.9. The predicted octanol–water partition coefficient (Wildman–Crippen LogP) is -0.00290. The van der Waals surface area contributed by atoms with Crippen LogP contribution in [-0.4, -0.2) is 62.3 Å². The third-order valence-corrected chi connectivity index (χ3v) is 3.57. The average molecular weight is 278 g/mol. The Morgan fingerprint density at radius 3 is 2.83 bits per heavy atom. The Labute approximate surface area is 115 Å². The van der Waals surface area contributed by atoms with Gasteiger partial charge in [-0.15, -0.1) is 12.4 Å². The maximum absolute atomic E-state index is 11.9. The molecule has 18 heavy (non-hydrogen) atoms. The fourth-order valence-electron chi connectivity index (χ4n) is 2.42. The zero-order valence-electron chi connectivity index (χ0n) is 11.0. The van der Waals surface area contributed by atoms with E-state index in [0.29, 0.717) is 18.6 Å². The van der Waals surface area contributed by atoms with Gasteiger partial charge in [-0.3, -0.25) is 9.69 Å². The predicted molar refractivity (Wildman–Crippen MR) is 73.1 cm³/mol. The van der Waals surface area contributed by atoms with E-state index < -0.39 is 0 Å². The van der Waals surface area contributed by atoms with Crippen molar-refractivity contribution < 1.29 is 9.53 Å². The zero-order chi connectivity index (χ0) is 12.1. The van der Waals surface area contributed by atoms with Crippen molar-refractivity contribution in [2.45, 2.75) is 31.8 Å². The van der Waals surface area contributed by atoms with Crippen molar-refractivity contribution in [2.75, 3.05) is 39.4 Å². The van der Waals surface area contributed by atoms with Gasteiger partial charge in [0.15, 0.2) is 0 Å². The van der Waals surface area contributed by atoms with Gasteiger partial charge in [0.25, 0.3) is 0 Å². The summed E-state index contributed by atoms with van der Waals surface area (Å²) >= 11 is 0. The standard InChI is InChI=1S/C12H23N3O2.ClH/c1-10-8-13-4-5-15(10)9-12(16)14-11-2-6-17-7-3-11;/h10-11,13H,2-9H2,1H3,(H,14,16);1H/t10-;/m0./s1. The van der Waals surface area contributed by atoms with Gasteiger partial charge in [0, 0.05) is 44.9 Å². The quantitative estimate of drug-likeness (QED) is 0.762. The third kappa shape index (κ3) is 4.72. The summed E-state index contributed by atoms with van der Waals surface area (Å²) in [4.78, 5) is 14.2. The van der Waals surface area contributed by atoms with Crippen molar-refractivity contribution in [2.24, 2.45) is 0 Å². The third-order valence-electron chi connectivity index (χ3n) is 3.57. The topological polar surface area (TPSA) is 53.6 Å². The lowest BCUT2D eigenvalue weighted by molar-refractivity contribution is -0.124. The van der Waals surface area contributed by atoms with Crippen molar-refractivity contribution in [3.05, 3.63) is 0 Å². The molecule has 2 heterocycles. The minimum absolute atomic E-state index is 0. The van der Waals surface area contributed by atoms with Crippen molar-refractivity contribution in [3.63, 3.8) is 0 Å². The van der Waals surface area contributed by atoms with E-state index in [4.69, 9.17) is 4.74 Å². The molecule has 0 unspecified atom stereocenters. The van der Waals surface area contributed by atoms with Crippen LogP contribution in [0.3, 0.4) is 0 Å². The molecule has 0 aromatic rings. The first-order valence-electron chi connectivity index (χ1n) is 6.57. The Morgan fingerprint density at radius 2 is 2.17 bits per heavy atom. The zero-order valence-corrected chi connectivity index (χ0v) is 11.8. The van der Waals surface area contributed by atoms with Crippen molar-refractivity contribution in [1.82, 2.24) is 15.5 Å². The summed E-state index contributed by atoms with van der Waals surface area (Å²) < 4.78 is 5.28. The highest BCUT2D eigenvalue weighted by molar-refractivity contribution is 5.85. The number of ether oxygens (including phenoxy) is 1. The van der Waals surface area contributed by atoms with Crippen LogP contribution in [0.15, 0.2) is 0 Å². The van der Waals surface area contributed by atoms with Crippen LogP contribution in [0.4, 0.5) is 0 Å². The molecule has 2 aliphatic heterocycles. The molecule has 2 saturated heterocycles. The first-order chi connectivity index (χ1) is 8.25. The van der Waals surface area contributed by atoms with Crippen LogP contribution in [0, 0.1) is 0 Å². The van der Waals surface area contributed by atoms with Crippen LogP contribution in [-0.2, 0) is 9.53 Å². The molecule has 1 atom stereocenters. The Bertz CT molecular complexity index is 260. The van der Waals surface area contributed by atoms with E-state index in [1.807, 2.05) is 0 Å². The summed E-state index contributed by atoms with van der Waals surface area (Å²) in [5.41, 5.74) is 0. The van der Waals surface area contributed by atoms with E-state index in [-0.39, 0.29) is 18.3 Å². The highest BCUT2D eigenvalue weighted by Crippen LogP contribution is 2.07. The van der Waals surface area contributed by atoms with Gasteiger partial charge in [-0.2, -0.15) is 0 Å². The van der Waals surface area contributed by atoms with Gasteiger partial charge < -0.3 is 15.4 Å². The largest absolute Gasteiger partial charge is 0.381 e. The van der Waals surface area contributed by atoms with E-state index in [2.05, 4.69) is 22.5 Å². The second-order valence-corrected chi connectivity index (χ2v) is 4.98. The van der Waals surface area contributed by atoms with Crippen LogP contribution < -0.4 is 10.6 Å². The number of halogens is 1. The SMILES string of the molecule is C[C@H]1CNCCN1CC(=O)NC1CCOCC1.Cl. The lowest BCUT2D eigenvalue weighted by atomic mass is 10.1. The van der Waals surface area contributed by atoms with E-state index >= 15 is 0 Å². The van der Waals surface area contributed by atoms with Crippen molar-refractivity contribution in [3.8, 4) is 0 Å². The number of nitrogens with zero attached hydrogens (tertiary/aromatic N) is 1. The van der Waals surface area contributed by atoms with Crippen molar-refractivity contribution >= 4 is 18.3 Å². The van der Waals surface area contributed by atoms with Gasteiger partial charge in [-0.1, -0.05) is 0 Å². The lowest BCUT2D eigenvalue weighted by Crippen LogP contribution is -2.53. The van der Waals surface area contributed by atoms with Crippen LogP contribution in [0.5, 0.6) is 0 Å². The number of piperazine rings is 1. The fraction of sp³-hybridized carbons (Fsp3) is 0.917. The van der Waals surface area contributed by atoms with Crippen LogP contribution in [0.1, 0.15) is 19.8 Å². The monoisotopic (exact) mass is 277 g/mol. The van der Waals surface area contributed by atoms with Gasteiger partial charge in [0.05, 0.1) is 6.54 Å². The molecule has 0 bridgehead atoms. The molecule has 106 valence electrons. The number of carbonyl (C=O) groups excluding carboxylic acids is 1. The Balaban J connectivity index is 0.00000162. The van der Waals surface area contributed by atoms with Gasteiger partial charge in [-0.25, -0.2) is 0 Å². The molecule has 0 spiro atoms. The van der Waals surface area contributed by atoms with Crippen LogP contribution >= 0.6 is 12.4 Å². The summed E-state index contributed by atoms with van der Waals surface area (Å²) in [6.07, 6.45) is 1.89. The molecule has 1 amide bonds. The van der Waals surface area contributed by atoms with E-state index in [0.717, 1.165) is 45.7 Å². The molecular weight excluding hydrogens is 254 g/mol. The first-order valence-corrected chi connectivity index (χ1v) is 6.57. The number of amides is 1. The van der Waals surface area contributed by atoms with Gasteiger partial charge in [-0.05, 0) is 19.8 Å². The molecule has 0 aromatic heterocycles. The highest BCUT2D eigenvalue weighted by atomic mass is 35.5. The second-order valence-electron chi connectivity index (χ2n) is 4.98. The minimum Gasteiger partial charge on any atom is -0.381 e. The molecule has 0 aliphatic carbocycles. The Hall–Kier alpha value is -0.360. The van der Waals surface area contributed by atoms with E-state index in [9.17, 15) is 4.79 Å². The van der Waals surface area contributed by atoms with Gasteiger partial charge in [0.2, 0.25) is 5.91 Å². The van der Waals surface area contributed by atoms with Crippen LogP contribution in [0.2, 0.25) is 0 Å². The molecule has 6 heteroatoms. The molecule has 2 aliphatic rings. The van der Waals surface area contributed by atoms with E-state index in [1.165, 1.54) is 0 Å². The second kappa shape index (κ2) is 7.94. The minimum atomic E-state index is 0. The molecule has 0 radical (unpaired) electrons. The van der Waals surface area contributed by atoms with Gasteiger partial charge >= 0.3 is 0 Å². The fourth-order valence-corrected chi connectivity index (χ4v) is 2.42. The number of carbonyl (C=O) groups is 1. The number of rotatable bonds is 3. The summed E-state index contributed by atoms with van der Waals surface area (Å²) in [6.45, 7) is 7.15. The Morgan fingerprint density at radius 1 is 1.44 bits per heavy atom. The highest BCUT2D eigenvalue weighted by Gasteiger charge is 2.22. The summed E-state index contributed by atoms with van der Waals surface area (Å²) in [5.74, 6) is 0.158. The maximum Gasteiger partial charge on any atom is 0.234 e. The van der Waals surface area contributed by atoms with E-state index in [1.54, 1.807) is 0 Å². The summed E-state index contributed by atoms with van der Waals surface area (Å²) in [7, 11) is 0.